The number of aryl methyl sites for hydroxylation is 1. The fraction of sp³-hybridized carbons (Fsp3) is 0.316. The number of rotatable bonds is 4. The molecule has 0 atom stereocenters. The number of alkyl halides is 3. The minimum Gasteiger partial charge on any atom is -0.349 e. The molecule has 0 saturated heterocycles. The van der Waals surface area contributed by atoms with Crippen LogP contribution >= 0.6 is 24.0 Å². The van der Waals surface area contributed by atoms with E-state index in [1.165, 1.54) is 16.0 Å². The largest absolute Gasteiger partial charge is 0.417 e. The first-order chi connectivity index (χ1) is 13.3. The zero-order valence-electron chi connectivity index (χ0n) is 16.2. The van der Waals surface area contributed by atoms with E-state index in [-0.39, 0.29) is 30.5 Å². The highest BCUT2D eigenvalue weighted by Gasteiger charge is 2.31. The van der Waals surface area contributed by atoms with Crippen molar-refractivity contribution in [1.29, 1.82) is 0 Å². The van der Waals surface area contributed by atoms with Crippen LogP contribution in [-0.4, -0.2) is 39.6 Å². The first kappa shape index (κ1) is 22.9. The number of hydrogen-bond acceptors (Lipinski definition) is 3. The number of pyridine rings is 1. The predicted molar refractivity (Wildman–Crippen MR) is 116 cm³/mol. The van der Waals surface area contributed by atoms with Crippen LogP contribution < -0.4 is 5.32 Å². The Hall–Kier alpha value is -2.37. The Morgan fingerprint density at radius 1 is 1.14 bits per heavy atom. The third kappa shape index (κ3) is 5.58. The summed E-state index contributed by atoms with van der Waals surface area (Å²) < 4.78 is 40.2. The van der Waals surface area contributed by atoms with Crippen molar-refractivity contribution in [3.05, 3.63) is 65.1 Å². The van der Waals surface area contributed by atoms with Crippen molar-refractivity contribution in [2.75, 3.05) is 14.1 Å². The maximum atomic E-state index is 13.0. The summed E-state index contributed by atoms with van der Waals surface area (Å²) in [7, 11) is 3.54. The van der Waals surface area contributed by atoms with Crippen LogP contribution in [-0.2, 0) is 19.3 Å². The van der Waals surface area contributed by atoms with Gasteiger partial charge in [-0.05, 0) is 24.6 Å². The lowest BCUT2D eigenvalue weighted by Gasteiger charge is -2.22. The number of hydrogen-bond donors (Lipinski definition) is 1. The number of aromatic nitrogens is 3. The van der Waals surface area contributed by atoms with Gasteiger partial charge in [-0.15, -0.1) is 34.2 Å². The second-order valence-corrected chi connectivity index (χ2v) is 6.50. The van der Waals surface area contributed by atoms with Crippen LogP contribution in [0.2, 0.25) is 0 Å². The predicted octanol–water partition coefficient (Wildman–Crippen LogP) is 3.88. The fourth-order valence-electron chi connectivity index (χ4n) is 2.81. The van der Waals surface area contributed by atoms with Crippen LogP contribution in [0.3, 0.4) is 0 Å². The summed E-state index contributed by atoms with van der Waals surface area (Å²) >= 11 is 0. The van der Waals surface area contributed by atoms with Gasteiger partial charge >= 0.3 is 6.18 Å². The lowest BCUT2D eigenvalue weighted by Crippen LogP contribution is -2.38. The molecule has 0 fully saturated rings. The Morgan fingerprint density at radius 2 is 1.83 bits per heavy atom. The number of fused-ring (bicyclic) bond motifs is 1. The van der Waals surface area contributed by atoms with Crippen LogP contribution in [0.25, 0.3) is 5.65 Å². The molecule has 0 aliphatic rings. The summed E-state index contributed by atoms with van der Waals surface area (Å²) in [5.41, 5.74) is 1.92. The van der Waals surface area contributed by atoms with Crippen molar-refractivity contribution in [3.8, 4) is 0 Å². The smallest absolute Gasteiger partial charge is 0.349 e. The maximum absolute atomic E-state index is 13.0. The molecule has 6 nitrogen and oxygen atoms in total. The quantitative estimate of drug-likeness (QED) is 0.324. The van der Waals surface area contributed by atoms with Gasteiger partial charge < -0.3 is 10.2 Å². The number of nitrogens with zero attached hydrogens (tertiary/aromatic N) is 5. The van der Waals surface area contributed by atoms with E-state index < -0.39 is 11.7 Å². The van der Waals surface area contributed by atoms with Gasteiger partial charge in [0.2, 0.25) is 0 Å². The molecule has 3 aromatic rings. The molecule has 156 valence electrons. The second-order valence-electron chi connectivity index (χ2n) is 6.50. The molecular formula is C19H22F3IN6. The normalized spacial score (nSPS) is 12.0. The number of guanidine groups is 1. The molecule has 0 aliphatic heterocycles. The summed E-state index contributed by atoms with van der Waals surface area (Å²) in [6, 6.07) is 10.5. The minimum absolute atomic E-state index is 0. The monoisotopic (exact) mass is 518 g/mol. The van der Waals surface area contributed by atoms with Gasteiger partial charge in [-0.25, -0.2) is 0 Å². The third-order valence-electron chi connectivity index (χ3n) is 4.32. The van der Waals surface area contributed by atoms with E-state index in [9.17, 15) is 13.2 Å². The number of aliphatic imine (C=N–C) groups is 1. The van der Waals surface area contributed by atoms with Crippen molar-refractivity contribution in [2.45, 2.75) is 26.2 Å². The van der Waals surface area contributed by atoms with Crippen molar-refractivity contribution >= 4 is 35.6 Å². The molecule has 1 aromatic carbocycles. The first-order valence-electron chi connectivity index (χ1n) is 8.66. The van der Waals surface area contributed by atoms with E-state index in [0.29, 0.717) is 24.0 Å². The zero-order chi connectivity index (χ0) is 20.3. The summed E-state index contributed by atoms with van der Waals surface area (Å²) in [6.45, 7) is 2.85. The van der Waals surface area contributed by atoms with Gasteiger partial charge in [0, 0.05) is 26.8 Å². The fourth-order valence-corrected chi connectivity index (χ4v) is 2.81. The van der Waals surface area contributed by atoms with Crippen molar-refractivity contribution in [2.24, 2.45) is 4.99 Å². The van der Waals surface area contributed by atoms with Crippen LogP contribution in [0.4, 0.5) is 13.2 Å². The summed E-state index contributed by atoms with van der Waals surface area (Å²) in [6.07, 6.45) is -3.42. The number of halogens is 4. The van der Waals surface area contributed by atoms with Gasteiger partial charge in [-0.1, -0.05) is 29.8 Å². The van der Waals surface area contributed by atoms with E-state index in [1.807, 2.05) is 43.1 Å². The van der Waals surface area contributed by atoms with E-state index in [1.54, 1.807) is 7.05 Å². The molecule has 0 unspecified atom stereocenters. The lowest BCUT2D eigenvalue weighted by atomic mass is 10.1. The van der Waals surface area contributed by atoms with E-state index in [0.717, 1.165) is 17.8 Å². The zero-order valence-corrected chi connectivity index (χ0v) is 18.6. The number of nitrogens with one attached hydrogen (secondary N) is 1. The second kappa shape index (κ2) is 9.42. The van der Waals surface area contributed by atoms with Crippen molar-refractivity contribution < 1.29 is 13.2 Å². The Labute approximate surface area is 183 Å². The average molecular weight is 518 g/mol. The first-order valence-corrected chi connectivity index (χ1v) is 8.66. The highest BCUT2D eigenvalue weighted by Crippen LogP contribution is 2.29. The van der Waals surface area contributed by atoms with Gasteiger partial charge in [-0.3, -0.25) is 9.39 Å². The molecule has 2 heterocycles. The van der Waals surface area contributed by atoms with Crippen LogP contribution in [0.15, 0.2) is 47.6 Å². The van der Waals surface area contributed by atoms with Crippen LogP contribution in [0.5, 0.6) is 0 Å². The molecule has 0 aliphatic carbocycles. The molecule has 0 amide bonds. The summed E-state index contributed by atoms with van der Waals surface area (Å²) in [5, 5.41) is 11.0. The Morgan fingerprint density at radius 3 is 2.45 bits per heavy atom. The van der Waals surface area contributed by atoms with Crippen molar-refractivity contribution in [3.63, 3.8) is 0 Å². The van der Waals surface area contributed by atoms with Gasteiger partial charge in [0.1, 0.15) is 0 Å². The van der Waals surface area contributed by atoms with Gasteiger partial charge in [0.05, 0.1) is 12.1 Å². The molecule has 0 saturated carbocycles. The third-order valence-corrected chi connectivity index (χ3v) is 4.32. The summed E-state index contributed by atoms with van der Waals surface area (Å²) in [4.78, 5) is 6.16. The standard InChI is InChI=1S/C19H21F3N6.HI/c1-13-4-6-14(7-5-13)11-27(3)18(23-2)24-10-17-26-25-16-9-8-15(12-28(16)17)19(20,21)22;/h4-9,12H,10-11H2,1-3H3,(H,23,24);1H. The van der Waals surface area contributed by atoms with Crippen LogP contribution in [0.1, 0.15) is 22.5 Å². The molecule has 0 spiro atoms. The number of benzene rings is 1. The topological polar surface area (TPSA) is 57.8 Å². The lowest BCUT2D eigenvalue weighted by molar-refractivity contribution is -0.137. The molecular weight excluding hydrogens is 496 g/mol. The molecule has 1 N–H and O–H groups in total. The summed E-state index contributed by atoms with van der Waals surface area (Å²) in [5.74, 6) is 0.968. The van der Waals surface area contributed by atoms with Gasteiger partial charge in [0.15, 0.2) is 17.4 Å². The van der Waals surface area contributed by atoms with Gasteiger partial charge in [0.25, 0.3) is 0 Å². The minimum atomic E-state index is -4.42. The molecule has 0 radical (unpaired) electrons. The molecule has 29 heavy (non-hydrogen) atoms. The van der Waals surface area contributed by atoms with Crippen molar-refractivity contribution in [1.82, 2.24) is 24.8 Å². The van der Waals surface area contributed by atoms with Crippen LogP contribution in [0, 0.1) is 6.92 Å². The van der Waals surface area contributed by atoms with E-state index in [4.69, 9.17) is 0 Å². The van der Waals surface area contributed by atoms with E-state index >= 15 is 0 Å². The van der Waals surface area contributed by atoms with Gasteiger partial charge in [-0.2, -0.15) is 13.2 Å². The Kier molecular flexibility index (Phi) is 7.44. The molecule has 3 rings (SSSR count). The van der Waals surface area contributed by atoms with E-state index in [2.05, 4.69) is 20.5 Å². The highest BCUT2D eigenvalue weighted by atomic mass is 127. The average Bonchev–Trinajstić information content (AvgIpc) is 3.06. The Bertz CT molecular complexity index is 982. The Balaban J connectivity index is 0.00000300. The maximum Gasteiger partial charge on any atom is 0.417 e. The molecule has 0 bridgehead atoms. The molecule has 10 heteroatoms. The SMILES string of the molecule is CN=C(NCc1nnc2ccc(C(F)(F)F)cn12)N(C)Cc1ccc(C)cc1.I. The molecule has 2 aromatic heterocycles. The highest BCUT2D eigenvalue weighted by molar-refractivity contribution is 14.0.